The van der Waals surface area contributed by atoms with E-state index in [1.807, 2.05) is 34.6 Å². The second-order valence-corrected chi connectivity index (χ2v) is 9.36. The molecule has 0 aliphatic heterocycles. The quantitative estimate of drug-likeness (QED) is 0.452. The molecule has 0 spiro atoms. The van der Waals surface area contributed by atoms with E-state index in [2.05, 4.69) is 0 Å². The van der Waals surface area contributed by atoms with Crippen molar-refractivity contribution >= 4 is 16.0 Å². The first-order chi connectivity index (χ1) is 13.2. The van der Waals surface area contributed by atoms with E-state index >= 15 is 0 Å². The van der Waals surface area contributed by atoms with Gasteiger partial charge in [-0.3, -0.25) is 0 Å². The van der Waals surface area contributed by atoms with Gasteiger partial charge in [0.15, 0.2) is 0 Å². The number of nitrogens with zero attached hydrogens (tertiary/aromatic N) is 1. The minimum Gasteiger partial charge on any atom is -0.462 e. The van der Waals surface area contributed by atoms with Crippen LogP contribution in [0.1, 0.15) is 70.7 Å². The van der Waals surface area contributed by atoms with E-state index in [1.54, 1.807) is 0 Å². The molecule has 0 unspecified atom stereocenters. The third kappa shape index (κ3) is 7.53. The average Bonchev–Trinajstić information content (AvgIpc) is 2.66. The molecule has 0 radical (unpaired) electrons. The second kappa shape index (κ2) is 11.5. The number of carbonyl (C=O) groups excluding carboxylic acids is 1. The van der Waals surface area contributed by atoms with Crippen LogP contribution < -0.4 is 0 Å². The van der Waals surface area contributed by atoms with Crippen LogP contribution in [-0.2, 0) is 19.5 Å². The normalized spacial score (nSPS) is 12.4. The fraction of sp³-hybridized carbons (Fsp3) is 0.667. The van der Waals surface area contributed by atoms with Crippen molar-refractivity contribution in [2.75, 3.05) is 26.3 Å². The fourth-order valence-corrected chi connectivity index (χ4v) is 4.31. The number of rotatable bonds is 13. The lowest BCUT2D eigenvalue weighted by molar-refractivity contribution is -0.0358. The predicted octanol–water partition coefficient (Wildman–Crippen LogP) is 4.25. The van der Waals surface area contributed by atoms with Crippen LogP contribution in [0.3, 0.4) is 0 Å². The highest BCUT2D eigenvalue weighted by atomic mass is 32.2. The highest BCUT2D eigenvalue weighted by Gasteiger charge is 2.23. The number of ether oxygens (including phenoxy) is 2. The van der Waals surface area contributed by atoms with Crippen LogP contribution in [0.15, 0.2) is 29.2 Å². The lowest BCUT2D eigenvalue weighted by Gasteiger charge is -2.24. The zero-order valence-corrected chi connectivity index (χ0v) is 18.7. The van der Waals surface area contributed by atoms with Gasteiger partial charge in [0.05, 0.1) is 22.7 Å². The van der Waals surface area contributed by atoms with Crippen molar-refractivity contribution in [3.05, 3.63) is 29.8 Å². The molecule has 0 heterocycles. The maximum absolute atomic E-state index is 12.8. The van der Waals surface area contributed by atoms with Crippen molar-refractivity contribution in [3.63, 3.8) is 0 Å². The Morgan fingerprint density at radius 3 is 2.04 bits per heavy atom. The Morgan fingerprint density at radius 1 is 0.964 bits per heavy atom. The largest absolute Gasteiger partial charge is 0.462 e. The summed E-state index contributed by atoms with van der Waals surface area (Å²) in [4.78, 5) is 12.4. The van der Waals surface area contributed by atoms with Crippen LogP contribution in [0.5, 0.6) is 0 Å². The van der Waals surface area contributed by atoms with Gasteiger partial charge < -0.3 is 9.47 Å². The van der Waals surface area contributed by atoms with Crippen LogP contribution >= 0.6 is 0 Å². The van der Waals surface area contributed by atoms with Gasteiger partial charge in [0.2, 0.25) is 10.0 Å². The smallest absolute Gasteiger partial charge is 0.338 e. The summed E-state index contributed by atoms with van der Waals surface area (Å²) in [5.41, 5.74) is -0.0141. The molecule has 0 bridgehead atoms. The molecule has 1 rings (SSSR count). The third-order valence-electron chi connectivity index (χ3n) is 4.31. The van der Waals surface area contributed by atoms with E-state index in [4.69, 9.17) is 9.47 Å². The maximum atomic E-state index is 12.8. The molecule has 1 aromatic rings. The summed E-state index contributed by atoms with van der Waals surface area (Å²) >= 11 is 0. The third-order valence-corrected chi connectivity index (χ3v) is 6.22. The number of carbonyl (C=O) groups is 1. The second-order valence-electron chi connectivity index (χ2n) is 7.42. The molecule has 160 valence electrons. The Hall–Kier alpha value is -1.44. The van der Waals surface area contributed by atoms with E-state index in [0.717, 1.165) is 19.3 Å². The van der Waals surface area contributed by atoms with Crippen molar-refractivity contribution in [1.82, 2.24) is 4.31 Å². The van der Waals surface area contributed by atoms with Gasteiger partial charge in [-0.25, -0.2) is 13.2 Å². The van der Waals surface area contributed by atoms with Crippen LogP contribution in [0.4, 0.5) is 0 Å². The molecule has 1 aromatic carbocycles. The summed E-state index contributed by atoms with van der Waals surface area (Å²) in [6.07, 6.45) is 3.03. The molecule has 0 atom stereocenters. The fourth-order valence-electron chi connectivity index (χ4n) is 2.69. The standard InChI is InChI=1S/C21H35NO5S/c1-6-14-22(15-7-2)28(24,25)19-11-9-18(10-12-19)20(23)26-17-13-21(4,5)27-16-8-3/h9-12H,6-8,13-17H2,1-5H3. The highest BCUT2D eigenvalue weighted by molar-refractivity contribution is 7.89. The van der Waals surface area contributed by atoms with E-state index in [1.165, 1.54) is 28.6 Å². The Morgan fingerprint density at radius 2 is 1.54 bits per heavy atom. The molecule has 0 aromatic heterocycles. The molecule has 0 saturated heterocycles. The molecule has 28 heavy (non-hydrogen) atoms. The van der Waals surface area contributed by atoms with Crippen LogP contribution in [0, 0.1) is 0 Å². The van der Waals surface area contributed by atoms with Crippen LogP contribution in [0.25, 0.3) is 0 Å². The van der Waals surface area contributed by atoms with Crippen LogP contribution in [0.2, 0.25) is 0 Å². The topological polar surface area (TPSA) is 72.9 Å². The van der Waals surface area contributed by atoms with E-state index < -0.39 is 16.0 Å². The first kappa shape index (κ1) is 24.6. The van der Waals surface area contributed by atoms with E-state index in [9.17, 15) is 13.2 Å². The zero-order valence-electron chi connectivity index (χ0n) is 17.9. The predicted molar refractivity (Wildman–Crippen MR) is 111 cm³/mol. The summed E-state index contributed by atoms with van der Waals surface area (Å²) in [7, 11) is -3.55. The number of hydrogen-bond acceptors (Lipinski definition) is 5. The number of benzene rings is 1. The summed E-state index contributed by atoms with van der Waals surface area (Å²) < 4.78 is 38.0. The summed E-state index contributed by atoms with van der Waals surface area (Å²) in [5, 5.41) is 0. The monoisotopic (exact) mass is 413 g/mol. The summed E-state index contributed by atoms with van der Waals surface area (Å²) in [5.74, 6) is -0.464. The van der Waals surface area contributed by atoms with Crippen molar-refractivity contribution in [2.24, 2.45) is 0 Å². The Bertz CT molecular complexity index is 692. The van der Waals surface area contributed by atoms with E-state index in [0.29, 0.717) is 31.7 Å². The first-order valence-electron chi connectivity index (χ1n) is 10.1. The van der Waals surface area contributed by atoms with Gasteiger partial charge in [-0.1, -0.05) is 20.8 Å². The maximum Gasteiger partial charge on any atom is 0.338 e. The Balaban J connectivity index is 2.72. The van der Waals surface area contributed by atoms with Gasteiger partial charge in [0.25, 0.3) is 0 Å². The molecule has 0 amide bonds. The van der Waals surface area contributed by atoms with E-state index in [-0.39, 0.29) is 17.1 Å². The van der Waals surface area contributed by atoms with Crippen molar-refractivity contribution in [3.8, 4) is 0 Å². The molecular weight excluding hydrogens is 378 g/mol. The van der Waals surface area contributed by atoms with Crippen molar-refractivity contribution in [2.45, 2.75) is 70.8 Å². The lowest BCUT2D eigenvalue weighted by Crippen LogP contribution is -2.32. The Kier molecular flexibility index (Phi) is 10.1. The first-order valence-corrected chi connectivity index (χ1v) is 11.5. The molecule has 7 heteroatoms. The van der Waals surface area contributed by atoms with Crippen molar-refractivity contribution in [1.29, 1.82) is 0 Å². The SMILES string of the molecule is CCCOC(C)(C)CCOC(=O)c1ccc(S(=O)(=O)N(CCC)CCC)cc1. The molecular formula is C21H35NO5S. The minimum absolute atomic E-state index is 0.194. The van der Waals surface area contributed by atoms with Gasteiger partial charge in [0, 0.05) is 26.1 Å². The minimum atomic E-state index is -3.55. The molecule has 6 nitrogen and oxygen atoms in total. The molecule has 0 aliphatic rings. The van der Waals surface area contributed by atoms with Gasteiger partial charge in [-0.05, 0) is 57.4 Å². The number of esters is 1. The molecule has 0 aliphatic carbocycles. The van der Waals surface area contributed by atoms with Gasteiger partial charge in [0.1, 0.15) is 0 Å². The Labute approximate surface area is 170 Å². The summed E-state index contributed by atoms with van der Waals surface area (Å²) in [6.45, 7) is 11.8. The average molecular weight is 414 g/mol. The zero-order chi connectivity index (χ0) is 21.2. The molecule has 0 saturated carbocycles. The number of sulfonamides is 1. The lowest BCUT2D eigenvalue weighted by atomic mass is 10.1. The van der Waals surface area contributed by atoms with Gasteiger partial charge in [-0.15, -0.1) is 0 Å². The van der Waals surface area contributed by atoms with Gasteiger partial charge >= 0.3 is 5.97 Å². The molecule has 0 N–H and O–H groups in total. The van der Waals surface area contributed by atoms with Crippen molar-refractivity contribution < 1.29 is 22.7 Å². The molecule has 0 fully saturated rings. The summed E-state index contributed by atoms with van der Waals surface area (Å²) in [6, 6.07) is 5.95. The number of hydrogen-bond donors (Lipinski definition) is 0. The van der Waals surface area contributed by atoms with Gasteiger partial charge in [-0.2, -0.15) is 4.31 Å². The highest BCUT2D eigenvalue weighted by Crippen LogP contribution is 2.19. The van der Waals surface area contributed by atoms with Crippen LogP contribution in [-0.4, -0.2) is 50.6 Å².